The zero-order valence-electron chi connectivity index (χ0n) is 10.5. The minimum atomic E-state index is -0.467. The summed E-state index contributed by atoms with van der Waals surface area (Å²) < 4.78 is 18.6. The van der Waals surface area contributed by atoms with Crippen LogP contribution in [0.1, 0.15) is 22.8 Å². The first-order chi connectivity index (χ1) is 8.10. The fourth-order valence-corrected chi connectivity index (χ4v) is 1.57. The maximum atomic E-state index is 13.6. The molecule has 0 saturated carbocycles. The summed E-state index contributed by atoms with van der Waals surface area (Å²) in [5.41, 5.74) is 0.924. The number of rotatable bonds is 5. The van der Waals surface area contributed by atoms with Gasteiger partial charge in [0.25, 0.3) is 5.91 Å². The third kappa shape index (κ3) is 3.53. The van der Waals surface area contributed by atoms with E-state index in [1.165, 1.54) is 12.1 Å². The van der Waals surface area contributed by atoms with E-state index >= 15 is 0 Å². The van der Waals surface area contributed by atoms with Crippen molar-refractivity contribution in [3.05, 3.63) is 35.1 Å². The second-order valence-electron chi connectivity index (χ2n) is 3.86. The van der Waals surface area contributed by atoms with Crippen LogP contribution < -0.4 is 0 Å². The first kappa shape index (κ1) is 13.6. The average Bonchev–Trinajstić information content (AvgIpc) is 2.29. The number of carbonyl (C=O) groups excluding carboxylic acids is 1. The third-order valence-corrected chi connectivity index (χ3v) is 2.59. The lowest BCUT2D eigenvalue weighted by molar-refractivity contribution is 0.0702. The van der Waals surface area contributed by atoms with Crippen LogP contribution in [0.5, 0.6) is 0 Å². The Morgan fingerprint density at radius 2 is 2.18 bits per heavy atom. The topological polar surface area (TPSA) is 29.5 Å². The number of amides is 1. The lowest BCUT2D eigenvalue weighted by Crippen LogP contribution is -2.34. The molecule has 0 N–H and O–H groups in total. The van der Waals surface area contributed by atoms with Crippen molar-refractivity contribution in [2.24, 2.45) is 0 Å². The van der Waals surface area contributed by atoms with Gasteiger partial charge in [0.05, 0.1) is 12.2 Å². The van der Waals surface area contributed by atoms with Crippen LogP contribution in [0.3, 0.4) is 0 Å². The van der Waals surface area contributed by atoms with E-state index < -0.39 is 5.82 Å². The smallest absolute Gasteiger partial charge is 0.256 e. The average molecular weight is 239 g/mol. The fourth-order valence-electron chi connectivity index (χ4n) is 1.57. The molecule has 0 heterocycles. The highest BCUT2D eigenvalue weighted by atomic mass is 19.1. The number of hydrogen-bond acceptors (Lipinski definition) is 2. The number of carbonyl (C=O) groups is 1. The lowest BCUT2D eigenvalue weighted by atomic mass is 10.1. The number of nitrogens with zero attached hydrogens (tertiary/aromatic N) is 1. The van der Waals surface area contributed by atoms with Gasteiger partial charge < -0.3 is 9.64 Å². The molecule has 0 atom stereocenters. The van der Waals surface area contributed by atoms with Gasteiger partial charge in [-0.25, -0.2) is 4.39 Å². The summed E-state index contributed by atoms with van der Waals surface area (Å²) in [5, 5.41) is 0. The van der Waals surface area contributed by atoms with Crippen molar-refractivity contribution >= 4 is 5.91 Å². The van der Waals surface area contributed by atoms with Crippen molar-refractivity contribution in [1.82, 2.24) is 4.90 Å². The molecule has 0 aliphatic rings. The van der Waals surface area contributed by atoms with E-state index in [1.54, 1.807) is 25.0 Å². The van der Waals surface area contributed by atoms with E-state index in [2.05, 4.69) is 0 Å². The summed E-state index contributed by atoms with van der Waals surface area (Å²) in [6, 6.07) is 4.64. The van der Waals surface area contributed by atoms with E-state index in [4.69, 9.17) is 4.74 Å². The molecule has 0 bridgehead atoms. The number of halogens is 1. The second-order valence-corrected chi connectivity index (χ2v) is 3.86. The standard InChI is InChI=1S/C13H18FNO2/c1-4-15(7-8-17-3)13(16)11-6-5-10(2)9-12(11)14/h5-6,9H,4,7-8H2,1-3H3. The molecule has 4 heteroatoms. The van der Waals surface area contributed by atoms with Gasteiger partial charge >= 0.3 is 0 Å². The monoisotopic (exact) mass is 239 g/mol. The lowest BCUT2D eigenvalue weighted by Gasteiger charge is -2.20. The van der Waals surface area contributed by atoms with Crippen LogP contribution in [0.4, 0.5) is 4.39 Å². The van der Waals surface area contributed by atoms with E-state index in [-0.39, 0.29) is 11.5 Å². The Balaban J connectivity index is 2.86. The molecular weight excluding hydrogens is 221 g/mol. The normalized spacial score (nSPS) is 10.4. The molecule has 0 radical (unpaired) electrons. The number of benzene rings is 1. The first-order valence-electron chi connectivity index (χ1n) is 5.64. The van der Waals surface area contributed by atoms with Gasteiger partial charge in [0, 0.05) is 20.2 Å². The van der Waals surface area contributed by atoms with Crippen LogP contribution in [-0.2, 0) is 4.74 Å². The van der Waals surface area contributed by atoms with Gasteiger partial charge in [-0.05, 0) is 31.5 Å². The predicted molar refractivity (Wildman–Crippen MR) is 64.6 cm³/mol. The summed E-state index contributed by atoms with van der Waals surface area (Å²) >= 11 is 0. The summed E-state index contributed by atoms with van der Waals surface area (Å²) in [6.45, 7) is 5.11. The van der Waals surface area contributed by atoms with Crippen molar-refractivity contribution in [2.75, 3.05) is 26.8 Å². The Hall–Kier alpha value is -1.42. The third-order valence-electron chi connectivity index (χ3n) is 2.59. The van der Waals surface area contributed by atoms with Crippen LogP contribution in [0.25, 0.3) is 0 Å². The van der Waals surface area contributed by atoms with Gasteiger partial charge in [-0.1, -0.05) is 6.07 Å². The largest absolute Gasteiger partial charge is 0.383 e. The zero-order valence-corrected chi connectivity index (χ0v) is 10.5. The van der Waals surface area contributed by atoms with Gasteiger partial charge in [0.15, 0.2) is 0 Å². The Bertz CT molecular complexity index is 393. The summed E-state index contributed by atoms with van der Waals surface area (Å²) in [4.78, 5) is 13.6. The maximum absolute atomic E-state index is 13.6. The Morgan fingerprint density at radius 3 is 2.71 bits per heavy atom. The van der Waals surface area contributed by atoms with Crippen LogP contribution in [0.2, 0.25) is 0 Å². The molecule has 1 aromatic carbocycles. The van der Waals surface area contributed by atoms with Gasteiger partial charge in [0.1, 0.15) is 5.82 Å². The van der Waals surface area contributed by atoms with Gasteiger partial charge in [-0.2, -0.15) is 0 Å². The molecule has 17 heavy (non-hydrogen) atoms. The highest BCUT2D eigenvalue weighted by molar-refractivity contribution is 5.94. The first-order valence-corrected chi connectivity index (χ1v) is 5.64. The highest BCUT2D eigenvalue weighted by Gasteiger charge is 2.17. The molecule has 0 spiro atoms. The van der Waals surface area contributed by atoms with E-state index in [1.807, 2.05) is 6.92 Å². The van der Waals surface area contributed by atoms with Crippen molar-refractivity contribution in [3.63, 3.8) is 0 Å². The van der Waals surface area contributed by atoms with Gasteiger partial charge in [-0.15, -0.1) is 0 Å². The number of hydrogen-bond donors (Lipinski definition) is 0. The van der Waals surface area contributed by atoms with Crippen molar-refractivity contribution in [1.29, 1.82) is 0 Å². The van der Waals surface area contributed by atoms with Gasteiger partial charge in [0.2, 0.25) is 0 Å². The quantitative estimate of drug-likeness (QED) is 0.788. The number of methoxy groups -OCH3 is 1. The SMILES string of the molecule is CCN(CCOC)C(=O)c1ccc(C)cc1F. The molecule has 0 unspecified atom stereocenters. The van der Waals surface area contributed by atoms with E-state index in [9.17, 15) is 9.18 Å². The Morgan fingerprint density at radius 1 is 1.47 bits per heavy atom. The molecule has 1 aromatic rings. The van der Waals surface area contributed by atoms with Crippen LogP contribution in [-0.4, -0.2) is 37.6 Å². The number of aryl methyl sites for hydroxylation is 1. The molecule has 1 amide bonds. The van der Waals surface area contributed by atoms with Crippen molar-refractivity contribution < 1.29 is 13.9 Å². The zero-order chi connectivity index (χ0) is 12.8. The molecule has 94 valence electrons. The number of likely N-dealkylation sites (N-methyl/N-ethyl adjacent to an activating group) is 1. The number of ether oxygens (including phenoxy) is 1. The van der Waals surface area contributed by atoms with Crippen LogP contribution in [0, 0.1) is 12.7 Å². The van der Waals surface area contributed by atoms with E-state index in [0.29, 0.717) is 19.7 Å². The summed E-state index contributed by atoms with van der Waals surface area (Å²) in [5.74, 6) is -0.757. The Kier molecular flexibility index (Phi) is 5.10. The summed E-state index contributed by atoms with van der Waals surface area (Å²) in [6.07, 6.45) is 0. The van der Waals surface area contributed by atoms with Crippen molar-refractivity contribution in [2.45, 2.75) is 13.8 Å². The van der Waals surface area contributed by atoms with Gasteiger partial charge in [-0.3, -0.25) is 4.79 Å². The second kappa shape index (κ2) is 6.35. The highest BCUT2D eigenvalue weighted by Crippen LogP contribution is 2.12. The minimum Gasteiger partial charge on any atom is -0.383 e. The Labute approximate surface area is 101 Å². The van der Waals surface area contributed by atoms with Crippen LogP contribution >= 0.6 is 0 Å². The fraction of sp³-hybridized carbons (Fsp3) is 0.462. The maximum Gasteiger partial charge on any atom is 0.256 e. The van der Waals surface area contributed by atoms with E-state index in [0.717, 1.165) is 5.56 Å². The molecule has 0 fully saturated rings. The summed E-state index contributed by atoms with van der Waals surface area (Å²) in [7, 11) is 1.57. The van der Waals surface area contributed by atoms with Crippen LogP contribution in [0.15, 0.2) is 18.2 Å². The minimum absolute atomic E-state index is 0.119. The molecule has 0 saturated heterocycles. The molecular formula is C13H18FNO2. The predicted octanol–water partition coefficient (Wildman–Crippen LogP) is 2.24. The molecule has 3 nitrogen and oxygen atoms in total. The molecule has 0 aliphatic carbocycles. The molecule has 0 aromatic heterocycles. The molecule has 1 rings (SSSR count). The van der Waals surface area contributed by atoms with Crippen molar-refractivity contribution in [3.8, 4) is 0 Å². The molecule has 0 aliphatic heterocycles.